The molecule has 10 heteroatoms. The lowest BCUT2D eigenvalue weighted by atomic mass is 9.95. The largest absolute Gasteiger partial charge is 0.349 e. The molecule has 3 N–H and O–H groups in total. The van der Waals surface area contributed by atoms with Gasteiger partial charge in [-0.25, -0.2) is 24.0 Å². The second kappa shape index (κ2) is 16.9. The molecular weight excluding hydrogens is 915 g/mol. The first-order valence-electron chi connectivity index (χ1n) is 24.3. The lowest BCUT2D eigenvalue weighted by molar-refractivity contribution is 1.06. The van der Waals surface area contributed by atoms with Crippen LogP contribution >= 0.6 is 0 Å². The van der Waals surface area contributed by atoms with Gasteiger partial charge in [0.2, 0.25) is 0 Å². The van der Waals surface area contributed by atoms with Crippen molar-refractivity contribution in [2.45, 2.75) is 0 Å². The summed E-state index contributed by atoms with van der Waals surface area (Å²) < 4.78 is 1.62. The Morgan fingerprint density at radius 1 is 0.338 bits per heavy atom. The highest BCUT2D eigenvalue weighted by Crippen LogP contribution is 2.38. The molecule has 17 rings (SSSR count). The molecule has 0 aliphatic heterocycles. The van der Waals surface area contributed by atoms with E-state index in [1.165, 1.54) is 64.6 Å². The fourth-order valence-corrected chi connectivity index (χ4v) is 11.0. The van der Waals surface area contributed by atoms with Crippen molar-refractivity contribution in [2.24, 2.45) is 0 Å². The molecule has 0 unspecified atom stereocenters. The molecule has 0 fully saturated rings. The summed E-state index contributed by atoms with van der Waals surface area (Å²) in [5.41, 5.74) is 3.67. The number of nitrogens with one attached hydrogen (secondary N) is 3. The molecule has 0 aliphatic rings. The minimum atomic E-state index is -0.677. The quantitative estimate of drug-likeness (QED) is 0.129. The molecule has 4 aromatic heterocycles. The molecule has 0 amide bonds. The Bertz CT molecular complexity index is 4890. The Morgan fingerprint density at radius 2 is 0.784 bits per heavy atom. The lowest BCUT2D eigenvalue weighted by Gasteiger charge is -2.09. The van der Waals surface area contributed by atoms with Gasteiger partial charge >= 0.3 is 11.4 Å². The molecule has 0 spiro atoms. The summed E-state index contributed by atoms with van der Waals surface area (Å²) >= 11 is 0. The van der Waals surface area contributed by atoms with Gasteiger partial charge in [0.15, 0.2) is 16.8 Å². The van der Waals surface area contributed by atoms with Crippen LogP contribution in [0.2, 0.25) is 0 Å². The summed E-state index contributed by atoms with van der Waals surface area (Å²) in [6, 6.07) is 75.1. The molecule has 13 aromatic carbocycles. The molecule has 348 valence electrons. The zero-order valence-electron chi connectivity index (χ0n) is 39.3. The molecule has 4 heterocycles. The standard InChI is InChI=1S/C18H12.C16H8N4O2.C16H10.C14H9N3O/c1-2-8-14-13(7-1)15-9-3-4-11-17(15)18-12-6-5-10-16(14)18;21-15-13-14(19-16(22)20-15)18-12-9-6-2-4-7-3-1-5-8(10(7)9)11(12)17-13;1-3-11-7-9-13-5-2-6-14-10-8-12(4-1)15(11)16(13)14;18-14-16-10-6-2-1-5-9(10)13-15-11-7-3-4-8-12(11)17(13)14/h1-12H;1-6H,(H2,18,19,20,21,22);1-10H;1-8H,(H,16,18). The van der Waals surface area contributed by atoms with Gasteiger partial charge in [0.1, 0.15) is 0 Å². The predicted octanol–water partition coefficient (Wildman–Crippen LogP) is 14.0. The van der Waals surface area contributed by atoms with Gasteiger partial charge in [-0.2, -0.15) is 4.98 Å². The second-order valence-electron chi connectivity index (χ2n) is 18.4. The number of rotatable bonds is 0. The van der Waals surface area contributed by atoms with E-state index in [-0.39, 0.29) is 16.9 Å². The summed E-state index contributed by atoms with van der Waals surface area (Å²) in [6.45, 7) is 0. The molecule has 10 nitrogen and oxygen atoms in total. The van der Waals surface area contributed by atoms with Crippen molar-refractivity contribution in [2.75, 3.05) is 0 Å². The molecule has 0 saturated carbocycles. The number of aromatic nitrogens is 7. The van der Waals surface area contributed by atoms with Crippen LogP contribution in [0.1, 0.15) is 0 Å². The van der Waals surface area contributed by atoms with E-state index in [4.69, 9.17) is 0 Å². The van der Waals surface area contributed by atoms with E-state index in [0.717, 1.165) is 49.0 Å². The summed E-state index contributed by atoms with van der Waals surface area (Å²) in [4.78, 5) is 56.4. The number of nitrogens with zero attached hydrogens (tertiary/aromatic N) is 4. The second-order valence-corrected chi connectivity index (χ2v) is 18.4. The summed E-state index contributed by atoms with van der Waals surface area (Å²) in [5.74, 6) is 0. The average molecular weight is 954 g/mol. The van der Waals surface area contributed by atoms with Crippen LogP contribution in [0.25, 0.3) is 136 Å². The van der Waals surface area contributed by atoms with Crippen molar-refractivity contribution in [3.05, 3.63) is 250 Å². The zero-order chi connectivity index (χ0) is 49.4. The van der Waals surface area contributed by atoms with Gasteiger partial charge in [0.25, 0.3) is 5.56 Å². The van der Waals surface area contributed by atoms with Crippen LogP contribution in [-0.4, -0.2) is 34.3 Å². The van der Waals surface area contributed by atoms with E-state index in [2.05, 4.69) is 163 Å². The smallest absolute Gasteiger partial charge is 0.336 e. The first-order chi connectivity index (χ1) is 36.4. The van der Waals surface area contributed by atoms with Gasteiger partial charge in [-0.15, -0.1) is 0 Å². The van der Waals surface area contributed by atoms with E-state index in [1.54, 1.807) is 4.40 Å². The number of aromatic amines is 3. The highest BCUT2D eigenvalue weighted by molar-refractivity contribution is 6.29. The molecule has 17 aromatic rings. The van der Waals surface area contributed by atoms with Gasteiger partial charge < -0.3 is 9.97 Å². The fourth-order valence-electron chi connectivity index (χ4n) is 11.0. The van der Waals surface area contributed by atoms with Crippen LogP contribution in [0.4, 0.5) is 0 Å². The van der Waals surface area contributed by atoms with Gasteiger partial charge in [0, 0.05) is 21.5 Å². The van der Waals surface area contributed by atoms with Crippen LogP contribution in [0.3, 0.4) is 0 Å². The normalized spacial score (nSPS) is 11.7. The molecule has 0 aliphatic carbocycles. The van der Waals surface area contributed by atoms with Crippen molar-refractivity contribution < 1.29 is 0 Å². The molecule has 0 bridgehead atoms. The Labute approximate surface area is 418 Å². The van der Waals surface area contributed by atoms with Crippen LogP contribution in [0, 0.1) is 0 Å². The Morgan fingerprint density at radius 3 is 1.34 bits per heavy atom. The van der Waals surface area contributed by atoms with Crippen molar-refractivity contribution in [3.8, 4) is 0 Å². The number of H-pyrrole nitrogens is 3. The van der Waals surface area contributed by atoms with E-state index in [0.29, 0.717) is 11.2 Å². The monoisotopic (exact) mass is 953 g/mol. The highest BCUT2D eigenvalue weighted by atomic mass is 16.2. The lowest BCUT2D eigenvalue weighted by Crippen LogP contribution is -2.23. The van der Waals surface area contributed by atoms with Crippen molar-refractivity contribution in [1.29, 1.82) is 0 Å². The van der Waals surface area contributed by atoms with Crippen LogP contribution in [0.15, 0.2) is 233 Å². The number of hydrogen-bond donors (Lipinski definition) is 3. The molecule has 0 atom stereocenters. The van der Waals surface area contributed by atoms with Gasteiger partial charge in [-0.1, -0.05) is 194 Å². The number of para-hydroxylation sites is 3. The maximum absolute atomic E-state index is 12.1. The number of imidazole rings is 1. The minimum absolute atomic E-state index is 0.142. The number of benzene rings is 12. The van der Waals surface area contributed by atoms with E-state index >= 15 is 0 Å². The van der Waals surface area contributed by atoms with Crippen LogP contribution < -0.4 is 16.9 Å². The summed E-state index contributed by atoms with van der Waals surface area (Å²) in [7, 11) is 0. The van der Waals surface area contributed by atoms with E-state index < -0.39 is 11.2 Å². The summed E-state index contributed by atoms with van der Waals surface area (Å²) in [5, 5.41) is 21.3. The Hall–Kier alpha value is -10.3. The molecule has 0 radical (unpaired) electrons. The zero-order valence-corrected chi connectivity index (χ0v) is 39.3. The van der Waals surface area contributed by atoms with E-state index in [9.17, 15) is 14.4 Å². The molecular formula is C64H39N7O3. The Balaban J connectivity index is 0.0000000915. The SMILES string of the molecule is O=c1[nH]c2ccccc2c2nc3ccccc3n12.O=c1nc2[nH]c3c4cccc5cccc(c3nc2c(=O)[nH]1)c54.c1cc2ccc3cccc4ccc(c1)c2c34.c1ccc2c(c1)c1ccccc1c1ccccc21. The predicted molar refractivity (Wildman–Crippen MR) is 304 cm³/mol. The minimum Gasteiger partial charge on any atom is -0.336 e. The number of fused-ring (bicyclic) bond motifs is 15. The maximum atomic E-state index is 12.1. The highest BCUT2D eigenvalue weighted by Gasteiger charge is 2.16. The number of hydrogen-bond acceptors (Lipinski definition) is 6. The third kappa shape index (κ3) is 6.81. The van der Waals surface area contributed by atoms with Crippen molar-refractivity contribution >= 4 is 136 Å². The van der Waals surface area contributed by atoms with Crippen LogP contribution in [-0.2, 0) is 0 Å². The third-order valence-electron chi connectivity index (χ3n) is 14.2. The van der Waals surface area contributed by atoms with Gasteiger partial charge in [-0.05, 0) is 94.3 Å². The van der Waals surface area contributed by atoms with Crippen molar-refractivity contribution in [1.82, 2.24) is 34.3 Å². The third-order valence-corrected chi connectivity index (χ3v) is 14.2. The molecule has 74 heavy (non-hydrogen) atoms. The molecule has 0 saturated heterocycles. The van der Waals surface area contributed by atoms with E-state index in [1.807, 2.05) is 84.9 Å². The average Bonchev–Trinajstić information content (AvgIpc) is 4.00. The van der Waals surface area contributed by atoms with Gasteiger partial charge in [0.05, 0.1) is 27.6 Å². The maximum Gasteiger partial charge on any atom is 0.349 e. The van der Waals surface area contributed by atoms with Crippen LogP contribution in [0.5, 0.6) is 0 Å². The van der Waals surface area contributed by atoms with Crippen molar-refractivity contribution in [3.63, 3.8) is 0 Å². The first-order valence-corrected chi connectivity index (χ1v) is 24.3. The first kappa shape index (κ1) is 42.5. The topological polar surface area (TPSA) is 142 Å². The van der Waals surface area contributed by atoms with Gasteiger partial charge in [-0.3, -0.25) is 9.78 Å². The Kier molecular flexibility index (Phi) is 9.73. The fraction of sp³-hybridized carbons (Fsp3) is 0. The summed E-state index contributed by atoms with van der Waals surface area (Å²) in [6.07, 6.45) is 0.